The van der Waals surface area contributed by atoms with Crippen molar-refractivity contribution in [3.05, 3.63) is 24.3 Å². The van der Waals surface area contributed by atoms with E-state index in [0.717, 1.165) is 24.3 Å². The standard InChI is InChI=1S/C6H10N4O4S2/c7-9-15(11,12)5-1-2-6(4-3-5)16(13,14)10-8/h1-4,9-10H,7-8H2. The van der Waals surface area contributed by atoms with Gasteiger partial charge < -0.3 is 0 Å². The minimum atomic E-state index is -3.79. The van der Waals surface area contributed by atoms with Crippen LogP contribution in [0.3, 0.4) is 0 Å². The van der Waals surface area contributed by atoms with Crippen molar-refractivity contribution in [3.63, 3.8) is 0 Å². The molecule has 0 amide bonds. The number of hydrazine groups is 2. The number of rotatable bonds is 4. The first-order chi connectivity index (χ1) is 7.33. The molecule has 1 rings (SSSR count). The van der Waals surface area contributed by atoms with Crippen LogP contribution in [0.1, 0.15) is 0 Å². The van der Waals surface area contributed by atoms with Crippen LogP contribution >= 0.6 is 0 Å². The van der Waals surface area contributed by atoms with E-state index >= 15 is 0 Å². The summed E-state index contributed by atoms with van der Waals surface area (Å²) in [5, 5.41) is 0. The van der Waals surface area contributed by atoms with E-state index in [1.165, 1.54) is 0 Å². The summed E-state index contributed by atoms with van der Waals surface area (Å²) in [6, 6.07) is 4.39. The smallest absolute Gasteiger partial charge is 0.253 e. The molecule has 1 aromatic rings. The molecule has 0 fully saturated rings. The van der Waals surface area contributed by atoms with Crippen molar-refractivity contribution in [3.8, 4) is 0 Å². The van der Waals surface area contributed by atoms with Crippen LogP contribution in [-0.2, 0) is 20.0 Å². The Morgan fingerprint density at radius 1 is 0.750 bits per heavy atom. The molecule has 0 radical (unpaired) electrons. The number of hydrogen-bond donors (Lipinski definition) is 4. The molecule has 8 nitrogen and oxygen atoms in total. The molecule has 1 aromatic carbocycles. The maximum Gasteiger partial charge on any atom is 0.253 e. The molecule has 6 N–H and O–H groups in total. The predicted molar refractivity (Wildman–Crippen MR) is 55.5 cm³/mol. The summed E-state index contributed by atoms with van der Waals surface area (Å²) in [4.78, 5) is 2.93. The summed E-state index contributed by atoms with van der Waals surface area (Å²) < 4.78 is 44.8. The summed E-state index contributed by atoms with van der Waals surface area (Å²) in [6.45, 7) is 0. The molecule has 0 aromatic heterocycles. The lowest BCUT2D eigenvalue weighted by atomic mass is 10.4. The molecule has 16 heavy (non-hydrogen) atoms. The lowest BCUT2D eigenvalue weighted by Crippen LogP contribution is -2.31. The van der Waals surface area contributed by atoms with Gasteiger partial charge in [-0.25, -0.2) is 16.8 Å². The monoisotopic (exact) mass is 266 g/mol. The average molecular weight is 266 g/mol. The first-order valence-corrected chi connectivity index (χ1v) is 6.85. The Hall–Kier alpha value is -1.04. The molecule has 0 bridgehead atoms. The highest BCUT2D eigenvalue weighted by molar-refractivity contribution is 7.89. The molecule has 0 saturated heterocycles. The second-order valence-electron chi connectivity index (χ2n) is 2.71. The van der Waals surface area contributed by atoms with E-state index in [2.05, 4.69) is 0 Å². The molecule has 90 valence electrons. The zero-order valence-corrected chi connectivity index (χ0v) is 9.55. The highest BCUT2D eigenvalue weighted by Crippen LogP contribution is 2.13. The van der Waals surface area contributed by atoms with E-state index in [-0.39, 0.29) is 9.79 Å². The first kappa shape index (κ1) is 13.0. The third kappa shape index (κ3) is 2.55. The van der Waals surface area contributed by atoms with Gasteiger partial charge in [-0.15, -0.1) is 0 Å². The van der Waals surface area contributed by atoms with Crippen LogP contribution < -0.4 is 21.3 Å². The van der Waals surface area contributed by atoms with Crippen molar-refractivity contribution >= 4 is 20.0 Å². The van der Waals surface area contributed by atoms with Gasteiger partial charge in [0.2, 0.25) is 0 Å². The topological polar surface area (TPSA) is 144 Å². The Morgan fingerprint density at radius 2 is 1.00 bits per heavy atom. The number of benzene rings is 1. The fourth-order valence-electron chi connectivity index (χ4n) is 0.934. The van der Waals surface area contributed by atoms with Crippen LogP contribution in [0.25, 0.3) is 0 Å². The fraction of sp³-hybridized carbons (Fsp3) is 0. The van der Waals surface area contributed by atoms with Crippen LogP contribution in [0.15, 0.2) is 34.1 Å². The lowest BCUT2D eigenvalue weighted by molar-refractivity contribution is 0.580. The first-order valence-electron chi connectivity index (χ1n) is 3.88. The van der Waals surface area contributed by atoms with Crippen LogP contribution in [-0.4, -0.2) is 16.8 Å². The second kappa shape index (κ2) is 4.45. The van der Waals surface area contributed by atoms with Crippen LogP contribution in [0.2, 0.25) is 0 Å². The van der Waals surface area contributed by atoms with E-state index in [1.54, 1.807) is 9.66 Å². The molecular weight excluding hydrogens is 256 g/mol. The van der Waals surface area contributed by atoms with Gasteiger partial charge in [0, 0.05) is 0 Å². The van der Waals surface area contributed by atoms with Gasteiger partial charge in [-0.2, -0.15) is 9.66 Å². The van der Waals surface area contributed by atoms with Crippen LogP contribution in [0, 0.1) is 0 Å². The third-order valence-corrected chi connectivity index (χ3v) is 4.16. The van der Waals surface area contributed by atoms with E-state index in [1.807, 2.05) is 0 Å². The van der Waals surface area contributed by atoms with Crippen molar-refractivity contribution in [2.24, 2.45) is 11.7 Å². The zero-order valence-electron chi connectivity index (χ0n) is 7.91. The minimum absolute atomic E-state index is 0.147. The SMILES string of the molecule is NNS(=O)(=O)c1ccc(S(=O)(=O)NN)cc1. The summed E-state index contributed by atoms with van der Waals surface area (Å²) in [5.74, 6) is 9.60. The predicted octanol–water partition coefficient (Wildman–Crippen LogP) is -2.01. The fourth-order valence-corrected chi connectivity index (χ4v) is 2.19. The van der Waals surface area contributed by atoms with Crippen molar-refractivity contribution in [1.82, 2.24) is 9.66 Å². The van der Waals surface area contributed by atoms with Gasteiger partial charge in [0.25, 0.3) is 20.0 Å². The normalized spacial score (nSPS) is 12.6. The van der Waals surface area contributed by atoms with Crippen molar-refractivity contribution in [2.45, 2.75) is 9.79 Å². The van der Waals surface area contributed by atoms with Gasteiger partial charge in [-0.1, -0.05) is 0 Å². The summed E-state index contributed by atoms with van der Waals surface area (Å²) in [7, 11) is -7.57. The number of sulfonamides is 2. The lowest BCUT2D eigenvalue weighted by Gasteiger charge is -2.04. The second-order valence-corrected chi connectivity index (χ2v) is 6.14. The maximum atomic E-state index is 11.2. The quantitative estimate of drug-likeness (QED) is 0.366. The summed E-state index contributed by atoms with van der Waals surface area (Å²) in [6.07, 6.45) is 0. The average Bonchev–Trinajstić information content (AvgIpc) is 2.29. The van der Waals surface area contributed by atoms with E-state index < -0.39 is 20.0 Å². The molecule has 10 heteroatoms. The Labute approximate surface area is 92.7 Å². The highest BCUT2D eigenvalue weighted by atomic mass is 32.2. The van der Waals surface area contributed by atoms with Crippen molar-refractivity contribution in [2.75, 3.05) is 0 Å². The molecule has 0 aliphatic rings. The van der Waals surface area contributed by atoms with Crippen molar-refractivity contribution in [1.29, 1.82) is 0 Å². The third-order valence-electron chi connectivity index (χ3n) is 1.75. The molecule has 0 spiro atoms. The van der Waals surface area contributed by atoms with E-state index in [9.17, 15) is 16.8 Å². The molecule has 0 saturated carbocycles. The van der Waals surface area contributed by atoms with Gasteiger partial charge in [0.15, 0.2) is 0 Å². The number of nitrogens with two attached hydrogens (primary N) is 2. The zero-order chi connectivity index (χ0) is 12.4. The number of nitrogens with one attached hydrogen (secondary N) is 2. The summed E-state index contributed by atoms with van der Waals surface area (Å²) in [5.41, 5.74) is 0. The van der Waals surface area contributed by atoms with Gasteiger partial charge in [0.1, 0.15) is 0 Å². The Balaban J connectivity index is 3.21. The van der Waals surface area contributed by atoms with E-state index in [0.29, 0.717) is 0 Å². The molecular formula is C6H10N4O4S2. The Morgan fingerprint density at radius 3 is 1.19 bits per heavy atom. The summed E-state index contributed by atoms with van der Waals surface area (Å²) >= 11 is 0. The van der Waals surface area contributed by atoms with Gasteiger partial charge in [-0.3, -0.25) is 11.7 Å². The van der Waals surface area contributed by atoms with Gasteiger partial charge in [-0.05, 0) is 24.3 Å². The Bertz CT molecular complexity index is 510. The molecule has 0 aliphatic carbocycles. The number of hydrogen-bond acceptors (Lipinski definition) is 6. The molecule has 0 aliphatic heterocycles. The molecule has 0 unspecified atom stereocenters. The van der Waals surface area contributed by atoms with Crippen LogP contribution in [0.5, 0.6) is 0 Å². The largest absolute Gasteiger partial charge is 0.257 e. The molecule has 0 atom stereocenters. The highest BCUT2D eigenvalue weighted by Gasteiger charge is 2.15. The van der Waals surface area contributed by atoms with Crippen LogP contribution in [0.4, 0.5) is 0 Å². The van der Waals surface area contributed by atoms with E-state index in [4.69, 9.17) is 11.7 Å². The van der Waals surface area contributed by atoms with Gasteiger partial charge in [0.05, 0.1) is 9.79 Å². The Kier molecular flexibility index (Phi) is 3.62. The maximum absolute atomic E-state index is 11.2. The minimum Gasteiger partial charge on any atom is -0.257 e. The van der Waals surface area contributed by atoms with Gasteiger partial charge >= 0.3 is 0 Å². The molecule has 0 heterocycles. The van der Waals surface area contributed by atoms with Crippen molar-refractivity contribution < 1.29 is 16.8 Å².